The molecule has 1 N–H and O–H groups in total. The van der Waals surface area contributed by atoms with Crippen LogP contribution in [0, 0.1) is 0 Å². The van der Waals surface area contributed by atoms with E-state index < -0.39 is 18.1 Å². The van der Waals surface area contributed by atoms with Gasteiger partial charge in [0.05, 0.1) is 31.1 Å². The molecule has 1 fully saturated rings. The van der Waals surface area contributed by atoms with E-state index in [1.54, 1.807) is 13.0 Å². The highest BCUT2D eigenvalue weighted by Gasteiger charge is 2.58. The molecule has 1 aromatic carbocycles. The molecule has 0 aromatic heterocycles. The van der Waals surface area contributed by atoms with Gasteiger partial charge in [-0.15, -0.1) is 0 Å². The van der Waals surface area contributed by atoms with E-state index in [-0.39, 0.29) is 6.61 Å². The standard InChI is InChI=1S/C13H13Br2NO5/c1-2-19-12(18)16-9-6-7(14)5-8(15)10(9)13(11(16)17)20-3-4-21-13/h5-6,11,17H,2-4H2,1H3. The predicted molar refractivity (Wildman–Crippen MR) is 80.9 cm³/mol. The first-order valence-electron chi connectivity index (χ1n) is 6.42. The number of amides is 1. The highest BCUT2D eigenvalue weighted by molar-refractivity contribution is 9.11. The van der Waals surface area contributed by atoms with Crippen molar-refractivity contribution in [2.24, 2.45) is 0 Å². The van der Waals surface area contributed by atoms with Crippen LogP contribution in [0.2, 0.25) is 0 Å². The molecular formula is C13H13Br2NO5. The van der Waals surface area contributed by atoms with Gasteiger partial charge in [-0.1, -0.05) is 31.9 Å². The van der Waals surface area contributed by atoms with Gasteiger partial charge in [0.15, 0.2) is 6.23 Å². The maximum Gasteiger partial charge on any atom is 0.416 e. The molecule has 0 radical (unpaired) electrons. The van der Waals surface area contributed by atoms with Gasteiger partial charge in [-0.3, -0.25) is 0 Å². The predicted octanol–water partition coefficient (Wildman–Crippen LogP) is 2.71. The molecule has 3 rings (SSSR count). The number of carbonyl (C=O) groups excluding carboxylic acids is 1. The Hall–Kier alpha value is -0.670. The van der Waals surface area contributed by atoms with Crippen molar-refractivity contribution in [2.75, 3.05) is 24.7 Å². The third-order valence-electron chi connectivity index (χ3n) is 3.41. The fourth-order valence-corrected chi connectivity index (χ4v) is 4.12. The molecule has 2 aliphatic rings. The highest BCUT2D eigenvalue weighted by atomic mass is 79.9. The summed E-state index contributed by atoms with van der Waals surface area (Å²) in [5.41, 5.74) is 1.08. The Bertz CT molecular complexity index is 588. The lowest BCUT2D eigenvalue weighted by Gasteiger charge is -2.29. The van der Waals surface area contributed by atoms with Crippen molar-refractivity contribution < 1.29 is 24.1 Å². The number of aliphatic hydroxyl groups excluding tert-OH is 1. The number of fused-ring (bicyclic) bond motifs is 2. The average Bonchev–Trinajstić information content (AvgIpc) is 2.96. The number of aliphatic hydroxyl groups is 1. The second-order valence-electron chi connectivity index (χ2n) is 4.59. The van der Waals surface area contributed by atoms with Crippen molar-refractivity contribution >= 4 is 43.6 Å². The van der Waals surface area contributed by atoms with Crippen molar-refractivity contribution in [3.05, 3.63) is 26.6 Å². The lowest BCUT2D eigenvalue weighted by atomic mass is 10.1. The van der Waals surface area contributed by atoms with Gasteiger partial charge >= 0.3 is 6.09 Å². The molecule has 1 aromatic rings. The number of hydrogen-bond acceptors (Lipinski definition) is 5. The number of benzene rings is 1. The Labute approximate surface area is 138 Å². The Morgan fingerprint density at radius 2 is 2.14 bits per heavy atom. The van der Waals surface area contributed by atoms with E-state index in [2.05, 4.69) is 31.9 Å². The number of halogens is 2. The van der Waals surface area contributed by atoms with Gasteiger partial charge in [-0.05, 0) is 19.1 Å². The Morgan fingerprint density at radius 3 is 2.76 bits per heavy atom. The smallest absolute Gasteiger partial charge is 0.416 e. The van der Waals surface area contributed by atoms with Gasteiger partial charge in [0.25, 0.3) is 0 Å². The van der Waals surface area contributed by atoms with E-state index in [1.165, 1.54) is 0 Å². The lowest BCUT2D eigenvalue weighted by Crippen LogP contribution is -2.48. The summed E-state index contributed by atoms with van der Waals surface area (Å²) in [5.74, 6) is -1.37. The van der Waals surface area contributed by atoms with Crippen LogP contribution in [0.4, 0.5) is 10.5 Å². The zero-order valence-electron chi connectivity index (χ0n) is 11.1. The molecule has 6 nitrogen and oxygen atoms in total. The molecule has 1 unspecified atom stereocenters. The zero-order valence-corrected chi connectivity index (χ0v) is 14.3. The number of hydrogen-bond donors (Lipinski definition) is 1. The van der Waals surface area contributed by atoms with Crippen LogP contribution < -0.4 is 4.90 Å². The first-order chi connectivity index (χ1) is 10.0. The number of anilines is 1. The maximum absolute atomic E-state index is 12.2. The molecule has 0 aliphatic carbocycles. The van der Waals surface area contributed by atoms with E-state index in [1.807, 2.05) is 6.07 Å². The van der Waals surface area contributed by atoms with E-state index >= 15 is 0 Å². The van der Waals surface area contributed by atoms with Crippen LogP contribution in [-0.4, -0.2) is 37.2 Å². The molecular weight excluding hydrogens is 410 g/mol. The quantitative estimate of drug-likeness (QED) is 0.753. The van der Waals surface area contributed by atoms with Crippen LogP contribution in [0.5, 0.6) is 0 Å². The second kappa shape index (κ2) is 5.51. The molecule has 8 heteroatoms. The average molecular weight is 423 g/mol. The van der Waals surface area contributed by atoms with Crippen molar-refractivity contribution in [1.82, 2.24) is 0 Å². The fourth-order valence-electron chi connectivity index (χ4n) is 2.64. The molecule has 1 amide bonds. The van der Waals surface area contributed by atoms with E-state index in [4.69, 9.17) is 14.2 Å². The molecule has 114 valence electrons. The topological polar surface area (TPSA) is 68.2 Å². The van der Waals surface area contributed by atoms with Crippen LogP contribution in [-0.2, 0) is 20.0 Å². The molecule has 0 bridgehead atoms. The van der Waals surface area contributed by atoms with Crippen LogP contribution in [0.3, 0.4) is 0 Å². The van der Waals surface area contributed by atoms with Crippen LogP contribution >= 0.6 is 31.9 Å². The Morgan fingerprint density at radius 1 is 1.48 bits per heavy atom. The number of rotatable bonds is 1. The number of carbonyl (C=O) groups is 1. The Balaban J connectivity index is 2.17. The summed E-state index contributed by atoms with van der Waals surface area (Å²) in [7, 11) is 0. The van der Waals surface area contributed by atoms with Gasteiger partial charge in [-0.2, -0.15) is 0 Å². The van der Waals surface area contributed by atoms with Crippen molar-refractivity contribution in [2.45, 2.75) is 18.9 Å². The largest absolute Gasteiger partial charge is 0.449 e. The summed E-state index contributed by atoms with van der Waals surface area (Å²) in [5, 5.41) is 10.6. The van der Waals surface area contributed by atoms with Gasteiger partial charge in [-0.25, -0.2) is 9.69 Å². The van der Waals surface area contributed by atoms with Gasteiger partial charge < -0.3 is 19.3 Å². The zero-order chi connectivity index (χ0) is 15.2. The van der Waals surface area contributed by atoms with Crippen molar-refractivity contribution in [3.8, 4) is 0 Å². The van der Waals surface area contributed by atoms with Gasteiger partial charge in [0.2, 0.25) is 5.79 Å². The van der Waals surface area contributed by atoms with Crippen molar-refractivity contribution in [3.63, 3.8) is 0 Å². The summed E-state index contributed by atoms with van der Waals surface area (Å²) >= 11 is 6.82. The van der Waals surface area contributed by atoms with E-state index in [9.17, 15) is 9.90 Å². The van der Waals surface area contributed by atoms with Crippen molar-refractivity contribution in [1.29, 1.82) is 0 Å². The highest BCUT2D eigenvalue weighted by Crippen LogP contribution is 2.52. The third kappa shape index (κ3) is 2.20. The molecule has 21 heavy (non-hydrogen) atoms. The second-order valence-corrected chi connectivity index (χ2v) is 6.36. The fraction of sp³-hybridized carbons (Fsp3) is 0.462. The van der Waals surface area contributed by atoms with Crippen LogP contribution in [0.25, 0.3) is 0 Å². The summed E-state index contributed by atoms with van der Waals surface area (Å²) < 4.78 is 17.8. The van der Waals surface area contributed by atoms with E-state index in [0.717, 1.165) is 9.37 Å². The van der Waals surface area contributed by atoms with Crippen LogP contribution in [0.1, 0.15) is 12.5 Å². The minimum atomic E-state index is -1.37. The monoisotopic (exact) mass is 421 g/mol. The van der Waals surface area contributed by atoms with Gasteiger partial charge in [0, 0.05) is 8.95 Å². The SMILES string of the molecule is CCOC(=O)N1c2cc(Br)cc(Br)c2C2(OCCO2)C1O. The first kappa shape index (κ1) is 15.2. The summed E-state index contributed by atoms with van der Waals surface area (Å²) in [6.45, 7) is 2.60. The molecule has 1 spiro atoms. The minimum absolute atomic E-state index is 0.210. The van der Waals surface area contributed by atoms with Crippen LogP contribution in [0.15, 0.2) is 21.1 Å². The van der Waals surface area contributed by atoms with E-state index in [0.29, 0.717) is 28.9 Å². The Kier molecular flexibility index (Phi) is 4.00. The maximum atomic E-state index is 12.2. The third-order valence-corrected chi connectivity index (χ3v) is 4.49. The minimum Gasteiger partial charge on any atom is -0.449 e. The summed E-state index contributed by atoms with van der Waals surface area (Å²) in [4.78, 5) is 13.3. The molecule has 1 saturated heterocycles. The lowest BCUT2D eigenvalue weighted by molar-refractivity contribution is -0.219. The summed E-state index contributed by atoms with van der Waals surface area (Å²) in [6.07, 6.45) is -1.95. The van der Waals surface area contributed by atoms with Gasteiger partial charge in [0.1, 0.15) is 0 Å². The molecule has 2 heterocycles. The number of ether oxygens (including phenoxy) is 3. The normalized spacial score (nSPS) is 22.7. The first-order valence-corrected chi connectivity index (χ1v) is 8.01. The molecule has 1 atom stereocenters. The number of nitrogens with zero attached hydrogens (tertiary/aromatic N) is 1. The summed E-state index contributed by atoms with van der Waals surface area (Å²) in [6, 6.07) is 3.53. The molecule has 2 aliphatic heterocycles. The molecule has 0 saturated carbocycles.